The highest BCUT2D eigenvalue weighted by molar-refractivity contribution is 5.86. The number of hydrogen-bond donors (Lipinski definition) is 1. The second-order valence-electron chi connectivity index (χ2n) is 4.33. The zero-order valence-electron chi connectivity index (χ0n) is 10.9. The SMILES string of the molecule is Nc1nc2ccccc2n1N=Cc1ccccc1[N+](=O)[O-]. The van der Waals surface area contributed by atoms with Crippen LogP contribution in [-0.2, 0) is 0 Å². The molecule has 0 aliphatic heterocycles. The molecule has 0 radical (unpaired) electrons. The molecule has 3 rings (SSSR count). The van der Waals surface area contributed by atoms with Gasteiger partial charge in [-0.1, -0.05) is 24.3 Å². The van der Waals surface area contributed by atoms with Gasteiger partial charge in [-0.3, -0.25) is 10.1 Å². The summed E-state index contributed by atoms with van der Waals surface area (Å²) in [7, 11) is 0. The Balaban J connectivity index is 2.07. The fourth-order valence-corrected chi connectivity index (χ4v) is 2.04. The predicted molar refractivity (Wildman–Crippen MR) is 80.2 cm³/mol. The van der Waals surface area contributed by atoms with E-state index in [9.17, 15) is 10.1 Å². The van der Waals surface area contributed by atoms with Gasteiger partial charge in [0.05, 0.1) is 27.7 Å². The van der Waals surface area contributed by atoms with E-state index in [2.05, 4.69) is 10.1 Å². The van der Waals surface area contributed by atoms with E-state index in [4.69, 9.17) is 5.73 Å². The highest BCUT2D eigenvalue weighted by Gasteiger charge is 2.11. The zero-order valence-corrected chi connectivity index (χ0v) is 10.9. The number of nitrogens with two attached hydrogens (primary N) is 1. The minimum atomic E-state index is -0.448. The van der Waals surface area contributed by atoms with Crippen LogP contribution in [0, 0.1) is 10.1 Å². The number of para-hydroxylation sites is 3. The molecule has 0 amide bonds. The Labute approximate surface area is 119 Å². The molecule has 7 nitrogen and oxygen atoms in total. The molecule has 0 saturated heterocycles. The lowest BCUT2D eigenvalue weighted by Gasteiger charge is -1.99. The maximum absolute atomic E-state index is 11.0. The third-order valence-electron chi connectivity index (χ3n) is 3.01. The standard InChI is InChI=1S/C14H11N5O2/c15-14-17-11-6-2-4-8-13(11)18(14)16-9-10-5-1-3-7-12(10)19(20)21/h1-9H,(H2,15,17). The van der Waals surface area contributed by atoms with Gasteiger partial charge in [-0.2, -0.15) is 9.78 Å². The summed E-state index contributed by atoms with van der Waals surface area (Å²) in [6, 6.07) is 13.7. The molecule has 0 bridgehead atoms. The van der Waals surface area contributed by atoms with Gasteiger partial charge in [0.2, 0.25) is 5.95 Å². The number of hydrogen-bond acceptors (Lipinski definition) is 5. The van der Waals surface area contributed by atoms with E-state index < -0.39 is 4.92 Å². The van der Waals surface area contributed by atoms with Gasteiger partial charge in [0, 0.05) is 6.07 Å². The van der Waals surface area contributed by atoms with Crippen LogP contribution in [0.3, 0.4) is 0 Å². The molecule has 2 aromatic carbocycles. The molecular formula is C14H11N5O2. The van der Waals surface area contributed by atoms with Gasteiger partial charge < -0.3 is 5.73 Å². The Morgan fingerprint density at radius 2 is 1.90 bits per heavy atom. The molecule has 0 aliphatic carbocycles. The fraction of sp³-hybridized carbons (Fsp3) is 0. The molecule has 3 aromatic rings. The summed E-state index contributed by atoms with van der Waals surface area (Å²) >= 11 is 0. The maximum atomic E-state index is 11.0. The minimum Gasteiger partial charge on any atom is -0.368 e. The Morgan fingerprint density at radius 3 is 2.71 bits per heavy atom. The van der Waals surface area contributed by atoms with Crippen molar-refractivity contribution in [2.24, 2.45) is 5.10 Å². The van der Waals surface area contributed by atoms with Gasteiger partial charge in [0.15, 0.2) is 0 Å². The molecule has 0 fully saturated rings. The molecule has 21 heavy (non-hydrogen) atoms. The number of nitro groups is 1. The van der Waals surface area contributed by atoms with Crippen molar-refractivity contribution in [1.29, 1.82) is 0 Å². The molecule has 1 aromatic heterocycles. The van der Waals surface area contributed by atoms with Crippen LogP contribution in [0.1, 0.15) is 5.56 Å². The molecule has 0 atom stereocenters. The van der Waals surface area contributed by atoms with E-state index in [0.29, 0.717) is 5.56 Å². The second kappa shape index (κ2) is 5.04. The number of benzene rings is 2. The van der Waals surface area contributed by atoms with E-state index in [1.165, 1.54) is 17.0 Å². The summed E-state index contributed by atoms with van der Waals surface area (Å²) in [5.74, 6) is 0.228. The highest BCUT2D eigenvalue weighted by Crippen LogP contribution is 2.18. The number of anilines is 1. The highest BCUT2D eigenvalue weighted by atomic mass is 16.6. The Bertz CT molecular complexity index is 853. The van der Waals surface area contributed by atoms with Crippen LogP contribution in [0.4, 0.5) is 11.6 Å². The van der Waals surface area contributed by atoms with Crippen LogP contribution in [0.2, 0.25) is 0 Å². The fourth-order valence-electron chi connectivity index (χ4n) is 2.04. The van der Waals surface area contributed by atoms with E-state index in [-0.39, 0.29) is 11.6 Å². The lowest BCUT2D eigenvalue weighted by molar-refractivity contribution is -0.385. The summed E-state index contributed by atoms with van der Waals surface area (Å²) in [5.41, 5.74) is 7.67. The van der Waals surface area contributed by atoms with Gasteiger partial charge >= 0.3 is 0 Å². The third-order valence-corrected chi connectivity index (χ3v) is 3.01. The first kappa shape index (κ1) is 12.8. The smallest absolute Gasteiger partial charge is 0.278 e. The van der Waals surface area contributed by atoms with Crippen LogP contribution >= 0.6 is 0 Å². The van der Waals surface area contributed by atoms with Crippen molar-refractivity contribution >= 4 is 28.9 Å². The van der Waals surface area contributed by atoms with Crippen molar-refractivity contribution in [2.75, 3.05) is 5.73 Å². The summed E-state index contributed by atoms with van der Waals surface area (Å²) in [6.07, 6.45) is 1.41. The predicted octanol–water partition coefficient (Wildman–Crippen LogP) is 2.41. The van der Waals surface area contributed by atoms with Crippen molar-refractivity contribution in [2.45, 2.75) is 0 Å². The topological polar surface area (TPSA) is 99.3 Å². The van der Waals surface area contributed by atoms with Gasteiger partial charge in [0.1, 0.15) is 0 Å². The van der Waals surface area contributed by atoms with E-state index >= 15 is 0 Å². The first-order valence-electron chi connectivity index (χ1n) is 6.17. The van der Waals surface area contributed by atoms with Crippen molar-refractivity contribution < 1.29 is 4.92 Å². The van der Waals surface area contributed by atoms with Gasteiger partial charge in [-0.15, -0.1) is 0 Å². The molecule has 0 aliphatic rings. The van der Waals surface area contributed by atoms with Crippen LogP contribution in [-0.4, -0.2) is 20.8 Å². The summed E-state index contributed by atoms with van der Waals surface area (Å²) < 4.78 is 1.45. The van der Waals surface area contributed by atoms with Crippen molar-refractivity contribution in [3.8, 4) is 0 Å². The second-order valence-corrected chi connectivity index (χ2v) is 4.33. The molecular weight excluding hydrogens is 270 g/mol. The Hall–Kier alpha value is -3.22. The number of nitrogens with zero attached hydrogens (tertiary/aromatic N) is 4. The quantitative estimate of drug-likeness (QED) is 0.452. The van der Waals surface area contributed by atoms with Crippen molar-refractivity contribution in [1.82, 2.24) is 9.66 Å². The first-order valence-corrected chi connectivity index (χ1v) is 6.17. The summed E-state index contributed by atoms with van der Waals surface area (Å²) in [4.78, 5) is 14.7. The monoisotopic (exact) mass is 281 g/mol. The van der Waals surface area contributed by atoms with Gasteiger partial charge in [0.25, 0.3) is 5.69 Å². The normalized spacial score (nSPS) is 11.2. The Morgan fingerprint density at radius 1 is 1.19 bits per heavy atom. The molecule has 1 heterocycles. The first-order chi connectivity index (χ1) is 10.2. The number of nitro benzene ring substituents is 1. The number of nitrogen functional groups attached to an aromatic ring is 1. The molecule has 7 heteroatoms. The van der Waals surface area contributed by atoms with Crippen LogP contribution in [0.5, 0.6) is 0 Å². The van der Waals surface area contributed by atoms with Crippen molar-refractivity contribution in [3.05, 3.63) is 64.2 Å². The van der Waals surface area contributed by atoms with Gasteiger partial charge in [-0.05, 0) is 18.2 Å². The maximum Gasteiger partial charge on any atom is 0.278 e. The number of fused-ring (bicyclic) bond motifs is 1. The molecule has 104 valence electrons. The van der Waals surface area contributed by atoms with E-state index in [1.807, 2.05) is 24.3 Å². The molecule has 0 unspecified atom stereocenters. The average molecular weight is 281 g/mol. The number of aromatic nitrogens is 2. The molecule has 0 saturated carbocycles. The lowest BCUT2D eigenvalue weighted by Crippen LogP contribution is -1.99. The van der Waals surface area contributed by atoms with E-state index in [1.54, 1.807) is 18.2 Å². The van der Waals surface area contributed by atoms with Crippen LogP contribution in [0.25, 0.3) is 11.0 Å². The Kier molecular flexibility index (Phi) is 3.07. The van der Waals surface area contributed by atoms with Gasteiger partial charge in [-0.25, -0.2) is 4.98 Å². The van der Waals surface area contributed by atoms with Crippen molar-refractivity contribution in [3.63, 3.8) is 0 Å². The van der Waals surface area contributed by atoms with Crippen LogP contribution < -0.4 is 5.73 Å². The number of imidazole rings is 1. The van der Waals surface area contributed by atoms with E-state index in [0.717, 1.165) is 11.0 Å². The summed E-state index contributed by atoms with van der Waals surface area (Å²) in [5, 5.41) is 15.2. The zero-order chi connectivity index (χ0) is 14.8. The third kappa shape index (κ3) is 2.32. The minimum absolute atomic E-state index is 0.00996. The van der Waals surface area contributed by atoms with Crippen LogP contribution in [0.15, 0.2) is 53.6 Å². The molecule has 0 spiro atoms. The molecule has 2 N–H and O–H groups in total. The largest absolute Gasteiger partial charge is 0.368 e. The number of rotatable bonds is 3. The average Bonchev–Trinajstić information content (AvgIpc) is 2.81. The summed E-state index contributed by atoms with van der Waals surface area (Å²) in [6.45, 7) is 0. The lowest BCUT2D eigenvalue weighted by atomic mass is 10.2.